The number of halogens is 2. The van der Waals surface area contributed by atoms with Gasteiger partial charge in [-0.15, -0.1) is 0 Å². The molecule has 0 atom stereocenters. The van der Waals surface area contributed by atoms with Gasteiger partial charge in [0.25, 0.3) is 5.91 Å². The summed E-state index contributed by atoms with van der Waals surface area (Å²) in [7, 11) is 1.52. The van der Waals surface area contributed by atoms with Crippen molar-refractivity contribution in [3.63, 3.8) is 0 Å². The number of rotatable bonds is 5. The van der Waals surface area contributed by atoms with Crippen molar-refractivity contribution < 1.29 is 14.3 Å². The second-order valence-corrected chi connectivity index (χ2v) is 5.87. The molecule has 0 aliphatic heterocycles. The molecule has 0 aromatic heterocycles. The lowest BCUT2D eigenvalue weighted by molar-refractivity contribution is -0.121. The molecule has 0 fully saturated rings. The summed E-state index contributed by atoms with van der Waals surface area (Å²) in [6, 6.07) is 11.7. The lowest BCUT2D eigenvalue weighted by Crippen LogP contribution is -2.37. The van der Waals surface area contributed by atoms with Crippen LogP contribution in [0.15, 0.2) is 42.5 Å². The lowest BCUT2D eigenvalue weighted by Gasteiger charge is -2.13. The van der Waals surface area contributed by atoms with E-state index in [1.165, 1.54) is 7.11 Å². The van der Waals surface area contributed by atoms with Crippen LogP contribution in [0.2, 0.25) is 10.0 Å². The second-order valence-electron chi connectivity index (χ2n) is 4.59. The van der Waals surface area contributed by atoms with Crippen molar-refractivity contribution in [2.24, 2.45) is 0 Å². The number of methoxy groups -OCH3 is 1. The monoisotopic (exact) mass is 384 g/mol. The summed E-state index contributed by atoms with van der Waals surface area (Å²) in [6.45, 7) is -0.184. The average Bonchev–Trinajstić information content (AvgIpc) is 2.54. The Morgan fingerprint density at radius 3 is 2.46 bits per heavy atom. The van der Waals surface area contributed by atoms with Gasteiger partial charge in [-0.25, -0.2) is 0 Å². The number of carbonyl (C=O) groups excluding carboxylic acids is 1. The van der Waals surface area contributed by atoms with Crippen LogP contribution in [0.4, 0.5) is 5.69 Å². The number of amides is 1. The molecule has 8 heteroatoms. The number of carbonyl (C=O) groups is 1. The Kier molecular flexibility index (Phi) is 6.66. The van der Waals surface area contributed by atoms with E-state index in [1.807, 2.05) is 0 Å². The highest BCUT2D eigenvalue weighted by molar-refractivity contribution is 7.80. The van der Waals surface area contributed by atoms with Crippen LogP contribution in [0.3, 0.4) is 0 Å². The molecule has 0 saturated carbocycles. The molecule has 0 unspecified atom stereocenters. The van der Waals surface area contributed by atoms with Crippen molar-refractivity contribution in [2.45, 2.75) is 0 Å². The zero-order valence-electron chi connectivity index (χ0n) is 12.6. The van der Waals surface area contributed by atoms with Crippen LogP contribution in [0.25, 0.3) is 0 Å². The molecular formula is C16H14Cl2N2O3S. The van der Waals surface area contributed by atoms with Crippen molar-refractivity contribution in [1.82, 2.24) is 5.32 Å². The van der Waals surface area contributed by atoms with Gasteiger partial charge >= 0.3 is 0 Å². The Morgan fingerprint density at radius 1 is 1.12 bits per heavy atom. The average molecular weight is 385 g/mol. The molecule has 2 aromatic carbocycles. The van der Waals surface area contributed by atoms with Gasteiger partial charge in [-0.1, -0.05) is 23.2 Å². The van der Waals surface area contributed by atoms with Gasteiger partial charge in [-0.05, 0) is 54.7 Å². The quantitative estimate of drug-likeness (QED) is 0.765. The van der Waals surface area contributed by atoms with E-state index < -0.39 is 5.91 Å². The topological polar surface area (TPSA) is 59.6 Å². The van der Waals surface area contributed by atoms with E-state index in [0.29, 0.717) is 27.2 Å². The summed E-state index contributed by atoms with van der Waals surface area (Å²) >= 11 is 16.8. The van der Waals surface area contributed by atoms with Gasteiger partial charge in [-0.2, -0.15) is 0 Å². The molecule has 0 bridgehead atoms. The van der Waals surface area contributed by atoms with Crippen molar-refractivity contribution in [3.8, 4) is 11.5 Å². The molecule has 0 radical (unpaired) electrons. The Labute approximate surface area is 154 Å². The number of benzene rings is 2. The van der Waals surface area contributed by atoms with Crippen LogP contribution in [-0.4, -0.2) is 24.7 Å². The normalized spacial score (nSPS) is 9.96. The molecule has 5 nitrogen and oxygen atoms in total. The van der Waals surface area contributed by atoms with Crippen molar-refractivity contribution in [2.75, 3.05) is 19.0 Å². The highest BCUT2D eigenvalue weighted by Crippen LogP contribution is 2.27. The molecule has 0 spiro atoms. The third-order valence-corrected chi connectivity index (χ3v) is 3.54. The minimum Gasteiger partial charge on any atom is -0.495 e. The minimum absolute atomic E-state index is 0.111. The molecule has 0 aliphatic rings. The fourth-order valence-electron chi connectivity index (χ4n) is 1.77. The van der Waals surface area contributed by atoms with E-state index in [9.17, 15) is 4.79 Å². The molecule has 2 N–H and O–H groups in total. The predicted molar refractivity (Wildman–Crippen MR) is 99.3 cm³/mol. The zero-order chi connectivity index (χ0) is 17.5. The summed E-state index contributed by atoms with van der Waals surface area (Å²) in [4.78, 5) is 11.9. The van der Waals surface area contributed by atoms with E-state index in [4.69, 9.17) is 44.9 Å². The van der Waals surface area contributed by atoms with E-state index in [0.717, 1.165) is 0 Å². The number of hydrogen-bond donors (Lipinski definition) is 2. The highest BCUT2D eigenvalue weighted by atomic mass is 35.5. The van der Waals surface area contributed by atoms with Gasteiger partial charge in [-0.3, -0.25) is 10.1 Å². The fraction of sp³-hybridized carbons (Fsp3) is 0.125. The van der Waals surface area contributed by atoms with Crippen LogP contribution in [-0.2, 0) is 4.79 Å². The Balaban J connectivity index is 1.86. The van der Waals surface area contributed by atoms with Gasteiger partial charge in [0.15, 0.2) is 11.7 Å². The van der Waals surface area contributed by atoms with Gasteiger partial charge in [0.2, 0.25) is 0 Å². The van der Waals surface area contributed by atoms with Crippen molar-refractivity contribution >= 4 is 52.1 Å². The first-order valence-corrected chi connectivity index (χ1v) is 7.97. The summed E-state index contributed by atoms with van der Waals surface area (Å²) in [6.07, 6.45) is 0. The first kappa shape index (κ1) is 18.3. The zero-order valence-corrected chi connectivity index (χ0v) is 15.0. The van der Waals surface area contributed by atoms with Gasteiger partial charge in [0.1, 0.15) is 11.5 Å². The highest BCUT2D eigenvalue weighted by Gasteiger charge is 2.09. The number of nitrogens with one attached hydrogen (secondary N) is 2. The van der Waals surface area contributed by atoms with Crippen LogP contribution in [0.1, 0.15) is 0 Å². The van der Waals surface area contributed by atoms with E-state index in [-0.39, 0.29) is 11.7 Å². The first-order chi connectivity index (χ1) is 11.5. The molecule has 24 heavy (non-hydrogen) atoms. The largest absolute Gasteiger partial charge is 0.495 e. The molecule has 0 saturated heterocycles. The molecule has 2 aromatic rings. The van der Waals surface area contributed by atoms with Crippen LogP contribution in [0, 0.1) is 0 Å². The summed E-state index contributed by atoms with van der Waals surface area (Å²) in [5.74, 6) is 0.682. The predicted octanol–water partition coefficient (Wildman–Crippen LogP) is 3.89. The standard InChI is InChI=1S/C16H14Cl2N2O3S/c1-22-14-7-4-11(18)8-13(14)19-16(24)20-15(21)9-23-12-5-2-10(17)3-6-12/h2-8H,9H2,1H3,(H2,19,20,21,24). The Bertz CT molecular complexity index is 739. The fourth-order valence-corrected chi connectivity index (χ4v) is 2.30. The maximum atomic E-state index is 11.9. The molecule has 0 heterocycles. The summed E-state index contributed by atoms with van der Waals surface area (Å²) in [5, 5.41) is 6.58. The van der Waals surface area contributed by atoms with Crippen LogP contribution >= 0.6 is 35.4 Å². The number of hydrogen-bond acceptors (Lipinski definition) is 4. The Hall–Kier alpha value is -2.02. The van der Waals surface area contributed by atoms with Crippen molar-refractivity contribution in [1.29, 1.82) is 0 Å². The van der Waals surface area contributed by atoms with Gasteiger partial charge in [0, 0.05) is 10.0 Å². The maximum Gasteiger partial charge on any atom is 0.264 e. The molecule has 126 valence electrons. The molecule has 2 rings (SSSR count). The number of ether oxygens (including phenoxy) is 2. The Morgan fingerprint density at radius 2 is 1.79 bits per heavy atom. The third kappa shape index (κ3) is 5.56. The minimum atomic E-state index is -0.400. The smallest absolute Gasteiger partial charge is 0.264 e. The molecule has 0 aliphatic carbocycles. The third-order valence-electron chi connectivity index (χ3n) is 2.85. The van der Waals surface area contributed by atoms with Gasteiger partial charge in [0.05, 0.1) is 12.8 Å². The van der Waals surface area contributed by atoms with E-state index >= 15 is 0 Å². The lowest BCUT2D eigenvalue weighted by atomic mass is 10.3. The number of thiocarbonyl (C=S) groups is 1. The van der Waals surface area contributed by atoms with E-state index in [1.54, 1.807) is 42.5 Å². The summed E-state index contributed by atoms with van der Waals surface area (Å²) in [5.41, 5.74) is 0.550. The number of anilines is 1. The van der Waals surface area contributed by atoms with Crippen LogP contribution < -0.4 is 20.1 Å². The molecule has 1 amide bonds. The maximum absolute atomic E-state index is 11.9. The van der Waals surface area contributed by atoms with Crippen LogP contribution in [0.5, 0.6) is 11.5 Å². The SMILES string of the molecule is COc1ccc(Cl)cc1NC(=S)NC(=O)COc1ccc(Cl)cc1. The molecular weight excluding hydrogens is 371 g/mol. The van der Waals surface area contributed by atoms with E-state index in [2.05, 4.69) is 10.6 Å². The van der Waals surface area contributed by atoms with Gasteiger partial charge < -0.3 is 14.8 Å². The first-order valence-electron chi connectivity index (χ1n) is 6.80. The second kappa shape index (κ2) is 8.73. The summed E-state index contributed by atoms with van der Waals surface area (Å²) < 4.78 is 10.5. The van der Waals surface area contributed by atoms with Crippen molar-refractivity contribution in [3.05, 3.63) is 52.5 Å².